The highest BCUT2D eigenvalue weighted by Gasteiger charge is 2.74. The molecule has 15 heteroatoms. The number of esters is 3. The van der Waals surface area contributed by atoms with Crippen LogP contribution in [0.5, 0.6) is 5.75 Å². The van der Waals surface area contributed by atoms with Crippen molar-refractivity contribution in [1.82, 2.24) is 20.2 Å². The average Bonchev–Trinajstić information content (AvgIpc) is 4.01. The fourth-order valence-electron chi connectivity index (χ4n) is 9.81. The molecule has 2 saturated heterocycles. The number of aromatic amines is 1. The number of carbonyl (C=O) groups is 5. The molecular formula is C51H45N5O10. The summed E-state index contributed by atoms with van der Waals surface area (Å²) in [4.78, 5) is 81.3. The number of rotatable bonds is 12. The SMILES string of the molecule is COC(=O)C(CC#Cc1ccc2c(c1)[C@]1(C(=O)N2)[C@H](c2ccccc2OCCO)N2[C@H](c3ccccc3)[C@H](c3ccccc3)OC(=O)[C@H]2[C@@H]1C(=O)NCc1nc2ccccc2[nH]1)C(=O)OC. The molecule has 66 heavy (non-hydrogen) atoms. The number of H-pyrrole nitrogens is 1. The third kappa shape index (κ3) is 7.59. The lowest BCUT2D eigenvalue weighted by molar-refractivity contribution is -0.178. The predicted molar refractivity (Wildman–Crippen MR) is 239 cm³/mol. The summed E-state index contributed by atoms with van der Waals surface area (Å²) in [7, 11) is 2.33. The van der Waals surface area contributed by atoms with Crippen molar-refractivity contribution in [3.8, 4) is 17.6 Å². The summed E-state index contributed by atoms with van der Waals surface area (Å²) in [5.41, 5.74) is 2.62. The van der Waals surface area contributed by atoms with Gasteiger partial charge in [-0.25, -0.2) is 4.98 Å². The number of aromatic nitrogens is 2. The van der Waals surface area contributed by atoms with Gasteiger partial charge in [0, 0.05) is 23.2 Å². The zero-order valence-electron chi connectivity index (χ0n) is 35.9. The lowest BCUT2D eigenvalue weighted by Crippen LogP contribution is -2.54. The largest absolute Gasteiger partial charge is 0.491 e. The molecule has 1 aromatic heterocycles. The van der Waals surface area contributed by atoms with E-state index in [-0.39, 0.29) is 26.2 Å². The molecule has 0 radical (unpaired) electrons. The number of benzene rings is 5. The van der Waals surface area contributed by atoms with Gasteiger partial charge in [-0.05, 0) is 53.1 Å². The van der Waals surface area contributed by atoms with E-state index in [4.69, 9.17) is 18.9 Å². The summed E-state index contributed by atoms with van der Waals surface area (Å²) in [6, 6.07) is 35.2. The Kier molecular flexibility index (Phi) is 12.1. The fraction of sp³-hybridized carbons (Fsp3) is 0.255. The number of methoxy groups -OCH3 is 2. The normalized spacial score (nSPS) is 21.8. The lowest BCUT2D eigenvalue weighted by Gasteiger charge is -2.46. The number of nitrogens with zero attached hydrogens (tertiary/aromatic N) is 2. The van der Waals surface area contributed by atoms with Crippen LogP contribution < -0.4 is 15.4 Å². The fourth-order valence-corrected chi connectivity index (χ4v) is 9.81. The van der Waals surface area contributed by atoms with E-state index < -0.39 is 71.2 Å². The maximum absolute atomic E-state index is 15.6. The van der Waals surface area contributed by atoms with E-state index in [0.29, 0.717) is 45.0 Å². The van der Waals surface area contributed by atoms with Gasteiger partial charge in [-0.3, -0.25) is 28.9 Å². The number of hydrogen-bond acceptors (Lipinski definition) is 12. The van der Waals surface area contributed by atoms with Crippen molar-refractivity contribution in [3.05, 3.63) is 161 Å². The third-order valence-corrected chi connectivity index (χ3v) is 12.5. The number of aliphatic hydroxyl groups excluding tert-OH is 1. The van der Waals surface area contributed by atoms with Crippen molar-refractivity contribution in [2.45, 2.75) is 42.6 Å². The topological polar surface area (TPSA) is 198 Å². The number of aliphatic hydroxyl groups is 1. The van der Waals surface area contributed by atoms with Gasteiger partial charge in [-0.1, -0.05) is 103 Å². The summed E-state index contributed by atoms with van der Waals surface area (Å²) in [5, 5.41) is 16.1. The molecule has 4 heterocycles. The number of nitrogens with one attached hydrogen (secondary N) is 3. The molecule has 6 aromatic rings. The lowest BCUT2D eigenvalue weighted by atomic mass is 9.65. The molecule has 2 amide bonds. The van der Waals surface area contributed by atoms with Crippen LogP contribution >= 0.6 is 0 Å². The number of imidazole rings is 1. The third-order valence-electron chi connectivity index (χ3n) is 12.5. The van der Waals surface area contributed by atoms with Gasteiger partial charge in [-0.15, -0.1) is 0 Å². The minimum atomic E-state index is -1.90. The van der Waals surface area contributed by atoms with E-state index in [9.17, 15) is 14.7 Å². The van der Waals surface area contributed by atoms with E-state index in [0.717, 1.165) is 25.3 Å². The molecule has 4 N–H and O–H groups in total. The molecule has 334 valence electrons. The molecule has 6 atom stereocenters. The zero-order valence-corrected chi connectivity index (χ0v) is 35.9. The van der Waals surface area contributed by atoms with Crippen LogP contribution in [0.3, 0.4) is 0 Å². The number of cyclic esters (lactones) is 1. The highest BCUT2D eigenvalue weighted by molar-refractivity contribution is 6.12. The predicted octanol–water partition coefficient (Wildman–Crippen LogP) is 5.23. The van der Waals surface area contributed by atoms with Crippen LogP contribution in [0.2, 0.25) is 0 Å². The van der Waals surface area contributed by atoms with Crippen LogP contribution in [0.1, 0.15) is 58.3 Å². The van der Waals surface area contributed by atoms with Gasteiger partial charge in [-0.2, -0.15) is 0 Å². The second-order valence-corrected chi connectivity index (χ2v) is 16.1. The number of fused-ring (bicyclic) bond motifs is 4. The highest BCUT2D eigenvalue weighted by Crippen LogP contribution is 2.65. The number of morpholine rings is 1. The first-order valence-corrected chi connectivity index (χ1v) is 21.4. The first kappa shape index (κ1) is 43.5. The Labute approximate surface area is 379 Å². The number of anilines is 1. The van der Waals surface area contributed by atoms with Crippen molar-refractivity contribution < 1.29 is 48.0 Å². The van der Waals surface area contributed by atoms with Crippen molar-refractivity contribution in [2.75, 3.05) is 32.8 Å². The van der Waals surface area contributed by atoms with Gasteiger partial charge < -0.3 is 39.7 Å². The Morgan fingerprint density at radius 1 is 0.864 bits per heavy atom. The number of para-hydroxylation sites is 3. The number of carbonyl (C=O) groups excluding carboxylic acids is 5. The molecule has 15 nitrogen and oxygen atoms in total. The summed E-state index contributed by atoms with van der Waals surface area (Å²) in [5.74, 6) is 0.449. The maximum atomic E-state index is 15.6. The Morgan fingerprint density at radius 2 is 1.55 bits per heavy atom. The second kappa shape index (κ2) is 18.4. The van der Waals surface area contributed by atoms with Crippen LogP contribution in [0, 0.1) is 23.7 Å². The van der Waals surface area contributed by atoms with Crippen LogP contribution in [0.4, 0.5) is 5.69 Å². The van der Waals surface area contributed by atoms with Crippen molar-refractivity contribution in [1.29, 1.82) is 0 Å². The van der Waals surface area contributed by atoms with E-state index in [1.165, 1.54) is 0 Å². The van der Waals surface area contributed by atoms with Crippen LogP contribution in [0.15, 0.2) is 127 Å². The van der Waals surface area contributed by atoms with Crippen LogP contribution in [-0.2, 0) is 50.1 Å². The Bertz CT molecular complexity index is 2840. The van der Waals surface area contributed by atoms with E-state index in [2.05, 4.69) is 32.4 Å². The molecule has 1 spiro atoms. The summed E-state index contributed by atoms with van der Waals surface area (Å²) >= 11 is 0. The molecule has 5 aromatic carbocycles. The van der Waals surface area contributed by atoms with Gasteiger partial charge in [0.15, 0.2) is 5.92 Å². The van der Waals surface area contributed by atoms with E-state index in [1.54, 1.807) is 42.5 Å². The number of hydrogen-bond donors (Lipinski definition) is 4. The Balaban J connectivity index is 1.28. The molecule has 2 fully saturated rings. The Morgan fingerprint density at radius 3 is 2.26 bits per heavy atom. The molecule has 0 saturated carbocycles. The number of amides is 2. The molecule has 0 aliphatic carbocycles. The highest BCUT2D eigenvalue weighted by atomic mass is 16.6. The quantitative estimate of drug-likeness (QED) is 0.0542. The zero-order chi connectivity index (χ0) is 46.0. The van der Waals surface area contributed by atoms with E-state index in [1.807, 2.05) is 89.8 Å². The first-order chi connectivity index (χ1) is 32.2. The van der Waals surface area contributed by atoms with Gasteiger partial charge >= 0.3 is 17.9 Å². The molecule has 3 aliphatic rings. The van der Waals surface area contributed by atoms with Crippen molar-refractivity contribution >= 4 is 46.4 Å². The maximum Gasteiger partial charge on any atom is 0.324 e. The number of ether oxygens (including phenoxy) is 4. The monoisotopic (exact) mass is 887 g/mol. The van der Waals surface area contributed by atoms with Crippen LogP contribution in [0.25, 0.3) is 11.0 Å². The average molecular weight is 888 g/mol. The van der Waals surface area contributed by atoms with Crippen molar-refractivity contribution in [3.63, 3.8) is 0 Å². The summed E-state index contributed by atoms with van der Waals surface area (Å²) in [6.45, 7) is -0.464. The molecule has 0 bridgehead atoms. The Hall–Kier alpha value is -7.80. The molecule has 9 rings (SSSR count). The molecule has 0 unspecified atom stereocenters. The van der Waals surface area contributed by atoms with Gasteiger partial charge in [0.2, 0.25) is 11.8 Å². The van der Waals surface area contributed by atoms with Crippen LogP contribution in [-0.4, -0.2) is 83.2 Å². The van der Waals surface area contributed by atoms with E-state index >= 15 is 14.4 Å². The molecule has 3 aliphatic heterocycles. The summed E-state index contributed by atoms with van der Waals surface area (Å²) < 4.78 is 22.4. The summed E-state index contributed by atoms with van der Waals surface area (Å²) in [6.07, 6.45) is -1.14. The minimum absolute atomic E-state index is 0.0704. The molecular weight excluding hydrogens is 843 g/mol. The first-order valence-electron chi connectivity index (χ1n) is 21.4. The van der Waals surface area contributed by atoms with Crippen molar-refractivity contribution in [2.24, 2.45) is 11.8 Å². The minimum Gasteiger partial charge on any atom is -0.491 e. The van der Waals surface area contributed by atoms with Gasteiger partial charge in [0.1, 0.15) is 35.7 Å². The van der Waals surface area contributed by atoms with Gasteiger partial charge in [0.05, 0.1) is 56.4 Å². The standard InChI is InChI=1S/C51H45N5O10/c1-63-47(59)34(48(60)64-2)20-13-14-30-24-25-36-35(28-30)51(50(62)55-36)41(46(58)52-29-40-53-37-21-10-11-22-38(37)54-40)43-49(61)66-44(32-17-7-4-8-18-32)42(31-15-5-3-6-16-31)56(43)45(51)33-19-9-12-23-39(33)65-27-26-57/h3-12,15-19,21-25,28,34,41-45,57H,20,26-27,29H2,1-2H3,(H,52,58)(H,53,54)(H,55,62)/t41-,42-,43-,44+,45+,51-/m1/s1. The van der Waals surface area contributed by atoms with Gasteiger partial charge in [0.25, 0.3) is 0 Å². The second-order valence-electron chi connectivity index (χ2n) is 16.1. The smallest absolute Gasteiger partial charge is 0.324 e.